The van der Waals surface area contributed by atoms with Crippen molar-refractivity contribution >= 4 is 33.5 Å². The number of hydrogen-bond acceptors (Lipinski definition) is 7. The number of morpholine rings is 1. The molecule has 9 nitrogen and oxygen atoms in total. The van der Waals surface area contributed by atoms with Crippen LogP contribution in [-0.4, -0.2) is 64.7 Å². The number of esters is 1. The first kappa shape index (κ1) is 25.0. The van der Waals surface area contributed by atoms with Gasteiger partial charge in [-0.25, -0.2) is 17.9 Å². The van der Waals surface area contributed by atoms with Crippen molar-refractivity contribution < 1.29 is 32.2 Å². The van der Waals surface area contributed by atoms with Gasteiger partial charge >= 0.3 is 5.97 Å². The Kier molecular flexibility index (Phi) is 8.30. The molecule has 1 amide bonds. The van der Waals surface area contributed by atoms with E-state index in [1.807, 2.05) is 6.92 Å². The minimum absolute atomic E-state index is 0.0177. The molecule has 0 radical (unpaired) electrons. The normalized spacial score (nSPS) is 16.3. The zero-order valence-corrected chi connectivity index (χ0v) is 19.8. The summed E-state index contributed by atoms with van der Waals surface area (Å²) in [6, 6.07) is 10.6. The number of rotatable bonds is 8. The lowest BCUT2D eigenvalue weighted by molar-refractivity contribution is -0.141. The molecule has 0 spiro atoms. The van der Waals surface area contributed by atoms with E-state index in [1.165, 1.54) is 19.2 Å². The van der Waals surface area contributed by atoms with E-state index in [0.717, 1.165) is 6.07 Å². The molecule has 11 heteroatoms. The van der Waals surface area contributed by atoms with Crippen LogP contribution in [0.5, 0.6) is 5.75 Å². The number of sulfonamides is 1. The van der Waals surface area contributed by atoms with Crippen LogP contribution in [0.4, 0.5) is 0 Å². The van der Waals surface area contributed by atoms with Gasteiger partial charge in [-0.3, -0.25) is 4.79 Å². The molecule has 0 bridgehead atoms. The van der Waals surface area contributed by atoms with E-state index in [4.69, 9.17) is 25.8 Å². The van der Waals surface area contributed by atoms with Crippen molar-refractivity contribution in [3.63, 3.8) is 0 Å². The highest BCUT2D eigenvalue weighted by Gasteiger charge is 2.24. The number of benzene rings is 2. The van der Waals surface area contributed by atoms with Crippen LogP contribution in [0.2, 0.25) is 5.02 Å². The van der Waals surface area contributed by atoms with Gasteiger partial charge in [-0.15, -0.1) is 0 Å². The molecule has 1 saturated heterocycles. The zero-order valence-electron chi connectivity index (χ0n) is 18.2. The highest BCUT2D eigenvalue weighted by Crippen LogP contribution is 2.25. The number of nitrogens with one attached hydrogen (secondary N) is 1. The molecule has 1 aliphatic rings. The average molecular weight is 497 g/mol. The number of ether oxygens (including phenoxy) is 3. The smallest absolute Gasteiger partial charge is 0.338 e. The summed E-state index contributed by atoms with van der Waals surface area (Å²) in [6.45, 7) is 2.68. The lowest BCUT2D eigenvalue weighted by atomic mass is 10.2. The first-order valence-corrected chi connectivity index (χ1v) is 12.0. The Hall–Kier alpha value is -2.66. The van der Waals surface area contributed by atoms with Gasteiger partial charge in [0, 0.05) is 24.7 Å². The number of halogens is 1. The summed E-state index contributed by atoms with van der Waals surface area (Å²) in [5.41, 5.74) is 0.680. The van der Waals surface area contributed by atoms with Crippen molar-refractivity contribution in [3.8, 4) is 5.75 Å². The van der Waals surface area contributed by atoms with Crippen LogP contribution in [0.1, 0.15) is 22.8 Å². The van der Waals surface area contributed by atoms with Crippen molar-refractivity contribution in [1.82, 2.24) is 9.62 Å². The summed E-state index contributed by atoms with van der Waals surface area (Å²) >= 11 is 5.85. The predicted molar refractivity (Wildman–Crippen MR) is 121 cm³/mol. The Labute approximate surface area is 197 Å². The average Bonchev–Trinajstić information content (AvgIpc) is 2.81. The fourth-order valence-corrected chi connectivity index (χ4v) is 4.56. The van der Waals surface area contributed by atoms with E-state index in [0.29, 0.717) is 30.3 Å². The van der Waals surface area contributed by atoms with E-state index < -0.39 is 22.6 Å². The second-order valence-electron chi connectivity index (χ2n) is 7.41. The van der Waals surface area contributed by atoms with Crippen LogP contribution in [0.15, 0.2) is 47.4 Å². The van der Waals surface area contributed by atoms with Gasteiger partial charge in [0.15, 0.2) is 6.61 Å². The molecule has 3 rings (SSSR count). The lowest BCUT2D eigenvalue weighted by Gasteiger charge is -2.30. The predicted octanol–water partition coefficient (Wildman–Crippen LogP) is 2.23. The number of hydrogen-bond donors (Lipinski definition) is 1. The number of amides is 1. The summed E-state index contributed by atoms with van der Waals surface area (Å²) in [5.74, 6) is -1.10. The number of carbonyl (C=O) groups is 2. The molecule has 1 atom stereocenters. The number of nitrogens with zero attached hydrogens (tertiary/aromatic N) is 1. The van der Waals surface area contributed by atoms with Crippen LogP contribution in [-0.2, 0) is 30.8 Å². The summed E-state index contributed by atoms with van der Waals surface area (Å²) in [7, 11) is -2.70. The van der Waals surface area contributed by atoms with Gasteiger partial charge < -0.3 is 19.1 Å². The van der Waals surface area contributed by atoms with Crippen molar-refractivity contribution in [2.24, 2.45) is 0 Å². The fraction of sp³-hybridized carbons (Fsp3) is 0.364. The molecular formula is C22H25ClN2O7S. The van der Waals surface area contributed by atoms with E-state index in [2.05, 4.69) is 4.72 Å². The maximum Gasteiger partial charge on any atom is 0.338 e. The Bertz CT molecular complexity index is 1110. The molecule has 1 heterocycles. The summed E-state index contributed by atoms with van der Waals surface area (Å²) in [6.07, 6.45) is -0.0897. The van der Waals surface area contributed by atoms with E-state index in [1.54, 1.807) is 29.2 Å². The Morgan fingerprint density at radius 3 is 2.61 bits per heavy atom. The lowest BCUT2D eigenvalue weighted by Crippen LogP contribution is -2.46. The van der Waals surface area contributed by atoms with Crippen molar-refractivity contribution in [3.05, 3.63) is 58.6 Å². The highest BCUT2D eigenvalue weighted by molar-refractivity contribution is 7.89. The minimum Gasteiger partial charge on any atom is -0.495 e. The Morgan fingerprint density at radius 2 is 1.94 bits per heavy atom. The second kappa shape index (κ2) is 11.0. The van der Waals surface area contributed by atoms with Crippen LogP contribution in [0, 0.1) is 0 Å². The molecule has 1 fully saturated rings. The quantitative estimate of drug-likeness (QED) is 0.558. The summed E-state index contributed by atoms with van der Waals surface area (Å²) in [5, 5.41) is 0.538. The molecule has 1 unspecified atom stereocenters. The van der Waals surface area contributed by atoms with Crippen LogP contribution < -0.4 is 9.46 Å². The largest absolute Gasteiger partial charge is 0.495 e. The third-order valence-corrected chi connectivity index (χ3v) is 6.66. The monoisotopic (exact) mass is 496 g/mol. The van der Waals surface area contributed by atoms with Crippen LogP contribution in [0.25, 0.3) is 0 Å². The number of methoxy groups -OCH3 is 1. The maximum absolute atomic E-state index is 12.9. The molecule has 0 aromatic heterocycles. The first-order chi connectivity index (χ1) is 15.7. The summed E-state index contributed by atoms with van der Waals surface area (Å²) in [4.78, 5) is 26.1. The molecule has 1 N–H and O–H groups in total. The van der Waals surface area contributed by atoms with Crippen LogP contribution in [0.3, 0.4) is 0 Å². The molecule has 2 aromatic carbocycles. The fourth-order valence-electron chi connectivity index (χ4n) is 3.22. The third-order valence-electron chi connectivity index (χ3n) is 4.99. The van der Waals surface area contributed by atoms with E-state index in [9.17, 15) is 18.0 Å². The molecule has 1 aliphatic heterocycles. The Morgan fingerprint density at radius 1 is 1.21 bits per heavy atom. The van der Waals surface area contributed by atoms with Gasteiger partial charge in [-0.05, 0) is 42.8 Å². The van der Waals surface area contributed by atoms with Crippen molar-refractivity contribution in [1.29, 1.82) is 0 Å². The first-order valence-electron chi connectivity index (χ1n) is 10.2. The van der Waals surface area contributed by atoms with Crippen molar-refractivity contribution in [2.45, 2.75) is 24.5 Å². The topological polar surface area (TPSA) is 111 Å². The molecule has 0 saturated carbocycles. The standard InChI is InChI=1S/C22H25ClN2O7S/c1-15-13-25(9-10-31-15)21(26)14-32-22(27)17-5-8-19(30-2)20(11-17)33(28,29)24-12-16-3-6-18(23)7-4-16/h3-8,11,15,24H,9-10,12-14H2,1-2H3. The third kappa shape index (κ3) is 6.67. The van der Waals surface area contributed by atoms with Crippen molar-refractivity contribution in [2.75, 3.05) is 33.4 Å². The minimum atomic E-state index is -4.03. The van der Waals surface area contributed by atoms with Gasteiger partial charge in [0.2, 0.25) is 10.0 Å². The SMILES string of the molecule is COc1ccc(C(=O)OCC(=O)N2CCOC(C)C2)cc1S(=O)(=O)NCc1ccc(Cl)cc1. The molecule has 178 valence electrons. The number of carbonyl (C=O) groups excluding carboxylic acids is 2. The zero-order chi connectivity index (χ0) is 24.0. The molecule has 33 heavy (non-hydrogen) atoms. The second-order valence-corrected chi connectivity index (χ2v) is 9.59. The molecule has 0 aliphatic carbocycles. The van der Waals surface area contributed by atoms with E-state index in [-0.39, 0.29) is 34.8 Å². The van der Waals surface area contributed by atoms with Gasteiger partial charge in [-0.2, -0.15) is 0 Å². The Balaban J connectivity index is 1.69. The highest BCUT2D eigenvalue weighted by atomic mass is 35.5. The summed E-state index contributed by atoms with van der Waals surface area (Å²) < 4.78 is 43.9. The van der Waals surface area contributed by atoms with Crippen LogP contribution >= 0.6 is 11.6 Å². The van der Waals surface area contributed by atoms with Gasteiger partial charge in [0.25, 0.3) is 5.91 Å². The van der Waals surface area contributed by atoms with Gasteiger partial charge in [-0.1, -0.05) is 23.7 Å². The van der Waals surface area contributed by atoms with Gasteiger partial charge in [0.1, 0.15) is 10.6 Å². The molecular weight excluding hydrogens is 472 g/mol. The molecule has 2 aromatic rings. The maximum atomic E-state index is 12.9. The van der Waals surface area contributed by atoms with E-state index >= 15 is 0 Å². The van der Waals surface area contributed by atoms with Gasteiger partial charge in [0.05, 0.1) is 25.4 Å².